The average Bonchev–Trinajstić information content (AvgIpc) is 2.39. The van der Waals surface area contributed by atoms with Gasteiger partial charge >= 0.3 is 6.03 Å². The lowest BCUT2D eigenvalue weighted by Crippen LogP contribution is -2.45. The quantitative estimate of drug-likeness (QED) is 0.780. The van der Waals surface area contributed by atoms with E-state index in [4.69, 9.17) is 4.74 Å². The Balaban J connectivity index is 2.53. The zero-order chi connectivity index (χ0) is 14.3. The number of carbonyl (C=O) groups is 3. The van der Waals surface area contributed by atoms with Gasteiger partial charge in [-0.1, -0.05) is 0 Å². The van der Waals surface area contributed by atoms with E-state index in [1.807, 2.05) is 0 Å². The van der Waals surface area contributed by atoms with Gasteiger partial charge in [0.25, 0.3) is 5.91 Å². The molecule has 3 amide bonds. The van der Waals surface area contributed by atoms with Gasteiger partial charge in [-0.2, -0.15) is 0 Å². The molecule has 0 radical (unpaired) electrons. The summed E-state index contributed by atoms with van der Waals surface area (Å²) in [4.78, 5) is 33.2. The zero-order valence-electron chi connectivity index (χ0n) is 10.8. The standard InChI is InChI=1S/C13H16N2O4/c1-3-14-13(18)15-12(17)9(2)19-11-6-4-10(8-16)5-7-11/h4-9H,3H2,1-2H3,(H2,14,15,17,18). The first kappa shape index (κ1) is 14.7. The predicted octanol–water partition coefficient (Wildman–Crippen LogP) is 1.11. The fourth-order valence-corrected chi connectivity index (χ4v) is 1.30. The maximum Gasteiger partial charge on any atom is 0.321 e. The molecule has 0 bridgehead atoms. The number of benzene rings is 1. The van der Waals surface area contributed by atoms with E-state index < -0.39 is 18.0 Å². The number of amides is 3. The van der Waals surface area contributed by atoms with E-state index in [1.54, 1.807) is 31.2 Å². The van der Waals surface area contributed by atoms with Crippen LogP contribution in [-0.4, -0.2) is 30.9 Å². The van der Waals surface area contributed by atoms with Crippen molar-refractivity contribution in [3.63, 3.8) is 0 Å². The van der Waals surface area contributed by atoms with Crippen LogP contribution in [0.3, 0.4) is 0 Å². The molecule has 2 N–H and O–H groups in total. The minimum absolute atomic E-state index is 0.432. The van der Waals surface area contributed by atoms with Crippen molar-refractivity contribution in [1.29, 1.82) is 0 Å². The predicted molar refractivity (Wildman–Crippen MR) is 69.1 cm³/mol. The Morgan fingerprint density at radius 3 is 2.47 bits per heavy atom. The van der Waals surface area contributed by atoms with Gasteiger partial charge in [0.1, 0.15) is 12.0 Å². The maximum absolute atomic E-state index is 11.6. The molecule has 0 aliphatic carbocycles. The summed E-state index contributed by atoms with van der Waals surface area (Å²) in [5.74, 6) is -0.0884. The van der Waals surface area contributed by atoms with Crippen LogP contribution in [0.2, 0.25) is 0 Å². The number of ether oxygens (including phenoxy) is 1. The van der Waals surface area contributed by atoms with Crippen LogP contribution < -0.4 is 15.4 Å². The number of rotatable bonds is 5. The van der Waals surface area contributed by atoms with Crippen molar-refractivity contribution >= 4 is 18.2 Å². The zero-order valence-corrected chi connectivity index (χ0v) is 10.8. The van der Waals surface area contributed by atoms with Crippen LogP contribution in [0.5, 0.6) is 5.75 Å². The molecule has 0 aliphatic rings. The van der Waals surface area contributed by atoms with Crippen LogP contribution in [0.25, 0.3) is 0 Å². The molecule has 0 fully saturated rings. The van der Waals surface area contributed by atoms with Gasteiger partial charge in [0.2, 0.25) is 0 Å². The van der Waals surface area contributed by atoms with Crippen LogP contribution in [0, 0.1) is 0 Å². The molecule has 6 nitrogen and oxygen atoms in total. The molecule has 1 aromatic rings. The highest BCUT2D eigenvalue weighted by atomic mass is 16.5. The highest BCUT2D eigenvalue weighted by Gasteiger charge is 2.16. The topological polar surface area (TPSA) is 84.5 Å². The molecule has 1 atom stereocenters. The van der Waals surface area contributed by atoms with E-state index in [-0.39, 0.29) is 0 Å². The van der Waals surface area contributed by atoms with E-state index in [9.17, 15) is 14.4 Å². The smallest absolute Gasteiger partial charge is 0.321 e. The lowest BCUT2D eigenvalue weighted by atomic mass is 10.2. The van der Waals surface area contributed by atoms with Gasteiger partial charge in [0.05, 0.1) is 0 Å². The largest absolute Gasteiger partial charge is 0.481 e. The van der Waals surface area contributed by atoms with Gasteiger partial charge in [-0.05, 0) is 38.1 Å². The second-order valence-electron chi connectivity index (χ2n) is 3.80. The molecular formula is C13H16N2O4. The van der Waals surface area contributed by atoms with Crippen LogP contribution in [-0.2, 0) is 4.79 Å². The van der Waals surface area contributed by atoms with Crippen LogP contribution in [0.4, 0.5) is 4.79 Å². The molecule has 0 aromatic heterocycles. The van der Waals surface area contributed by atoms with Crippen LogP contribution in [0.15, 0.2) is 24.3 Å². The van der Waals surface area contributed by atoms with Crippen molar-refractivity contribution in [2.75, 3.05) is 6.54 Å². The Labute approximate surface area is 111 Å². The first-order chi connectivity index (χ1) is 9.06. The van der Waals surface area contributed by atoms with Crippen molar-refractivity contribution < 1.29 is 19.1 Å². The monoisotopic (exact) mass is 264 g/mol. The molecule has 0 saturated heterocycles. The van der Waals surface area contributed by atoms with Gasteiger partial charge in [0.15, 0.2) is 6.10 Å². The van der Waals surface area contributed by atoms with E-state index in [2.05, 4.69) is 10.6 Å². The van der Waals surface area contributed by atoms with Gasteiger partial charge in [-0.3, -0.25) is 14.9 Å². The highest BCUT2D eigenvalue weighted by Crippen LogP contribution is 2.12. The normalized spacial score (nSPS) is 11.3. The van der Waals surface area contributed by atoms with Crippen LogP contribution in [0.1, 0.15) is 24.2 Å². The molecule has 1 unspecified atom stereocenters. The number of aldehydes is 1. The molecule has 0 heterocycles. The van der Waals surface area contributed by atoms with Crippen molar-refractivity contribution in [1.82, 2.24) is 10.6 Å². The number of hydrogen-bond donors (Lipinski definition) is 2. The molecule has 102 valence electrons. The second kappa shape index (κ2) is 7.15. The Hall–Kier alpha value is -2.37. The lowest BCUT2D eigenvalue weighted by Gasteiger charge is -2.14. The Bertz CT molecular complexity index is 456. The van der Waals surface area contributed by atoms with E-state index >= 15 is 0 Å². The number of nitrogens with one attached hydrogen (secondary N) is 2. The van der Waals surface area contributed by atoms with Crippen molar-refractivity contribution in [3.8, 4) is 5.75 Å². The molecular weight excluding hydrogens is 248 g/mol. The summed E-state index contributed by atoms with van der Waals surface area (Å²) in [7, 11) is 0. The second-order valence-corrected chi connectivity index (χ2v) is 3.80. The minimum Gasteiger partial charge on any atom is -0.481 e. The summed E-state index contributed by atoms with van der Waals surface area (Å²) in [5.41, 5.74) is 0.520. The average molecular weight is 264 g/mol. The summed E-state index contributed by atoms with van der Waals surface area (Å²) < 4.78 is 5.35. The first-order valence-electron chi connectivity index (χ1n) is 5.87. The summed E-state index contributed by atoms with van der Waals surface area (Å²) in [6.45, 7) is 3.71. The van der Waals surface area contributed by atoms with E-state index in [0.29, 0.717) is 17.9 Å². The SMILES string of the molecule is CCNC(=O)NC(=O)C(C)Oc1ccc(C=O)cc1. The molecule has 1 rings (SSSR count). The number of hydrogen-bond acceptors (Lipinski definition) is 4. The van der Waals surface area contributed by atoms with E-state index in [0.717, 1.165) is 6.29 Å². The highest BCUT2D eigenvalue weighted by molar-refractivity contribution is 5.96. The van der Waals surface area contributed by atoms with E-state index in [1.165, 1.54) is 6.92 Å². The minimum atomic E-state index is -0.815. The third-order valence-electron chi connectivity index (χ3n) is 2.27. The lowest BCUT2D eigenvalue weighted by molar-refractivity contribution is -0.126. The van der Waals surface area contributed by atoms with Gasteiger partial charge in [0, 0.05) is 12.1 Å². The first-order valence-corrected chi connectivity index (χ1v) is 5.87. The molecule has 1 aromatic carbocycles. The maximum atomic E-state index is 11.6. The third kappa shape index (κ3) is 4.79. The summed E-state index contributed by atoms with van der Waals surface area (Å²) in [6.07, 6.45) is -0.0978. The number of carbonyl (C=O) groups excluding carboxylic acids is 3. The van der Waals surface area contributed by atoms with Crippen molar-refractivity contribution in [2.24, 2.45) is 0 Å². The Kier molecular flexibility index (Phi) is 5.53. The molecule has 6 heteroatoms. The molecule has 0 saturated carbocycles. The Morgan fingerprint density at radius 1 is 1.32 bits per heavy atom. The molecule has 19 heavy (non-hydrogen) atoms. The fourth-order valence-electron chi connectivity index (χ4n) is 1.30. The summed E-state index contributed by atoms with van der Waals surface area (Å²) in [6, 6.07) is 5.77. The fraction of sp³-hybridized carbons (Fsp3) is 0.308. The van der Waals surface area contributed by atoms with Crippen LogP contribution >= 0.6 is 0 Å². The number of urea groups is 1. The number of imide groups is 1. The molecule has 0 spiro atoms. The summed E-state index contributed by atoms with van der Waals surface area (Å²) >= 11 is 0. The van der Waals surface area contributed by atoms with Gasteiger partial charge < -0.3 is 10.1 Å². The Morgan fingerprint density at radius 2 is 1.95 bits per heavy atom. The summed E-state index contributed by atoms with van der Waals surface area (Å²) in [5, 5.41) is 4.60. The van der Waals surface area contributed by atoms with Crippen molar-refractivity contribution in [2.45, 2.75) is 20.0 Å². The third-order valence-corrected chi connectivity index (χ3v) is 2.27. The van der Waals surface area contributed by atoms with Gasteiger partial charge in [-0.15, -0.1) is 0 Å². The molecule has 0 aliphatic heterocycles. The van der Waals surface area contributed by atoms with Crippen molar-refractivity contribution in [3.05, 3.63) is 29.8 Å². The van der Waals surface area contributed by atoms with Gasteiger partial charge in [-0.25, -0.2) is 4.79 Å².